The molecule has 18 atom stereocenters. The summed E-state index contributed by atoms with van der Waals surface area (Å²) in [7, 11) is 0. The van der Waals surface area contributed by atoms with Crippen molar-refractivity contribution in [1.82, 2.24) is 26.6 Å². The van der Waals surface area contributed by atoms with Crippen LogP contribution < -0.4 is 51.8 Å². The maximum atomic E-state index is 16.8. The second-order valence-corrected chi connectivity index (χ2v) is 36.5. The van der Waals surface area contributed by atoms with Crippen molar-refractivity contribution in [2.45, 2.75) is 241 Å². The minimum absolute atomic E-state index is 0.0486. The average Bonchev–Trinajstić information content (AvgIpc) is 0.756. The third-order valence-electron chi connectivity index (χ3n) is 26.1. The number of amides is 7. The van der Waals surface area contributed by atoms with Gasteiger partial charge >= 0.3 is 6.03 Å². The number of benzene rings is 6. The molecule has 4 saturated carbocycles. The molecule has 4 aliphatic carbocycles. The number of aliphatic hydroxyl groups is 6. The Hall–Kier alpha value is -9.87. The topological polar surface area (TPSA) is 489 Å². The van der Waals surface area contributed by atoms with E-state index in [0.29, 0.717) is 18.3 Å². The van der Waals surface area contributed by atoms with Crippen LogP contribution in [0.3, 0.4) is 0 Å². The van der Waals surface area contributed by atoms with Gasteiger partial charge in [0.25, 0.3) is 0 Å². The van der Waals surface area contributed by atoms with Crippen LogP contribution in [-0.2, 0) is 59.0 Å². The van der Waals surface area contributed by atoms with Crippen LogP contribution in [0.1, 0.15) is 201 Å². The fraction of sp³-hybridized carbons (Fsp3) is 0.511. The second kappa shape index (κ2) is 38.4. The van der Waals surface area contributed by atoms with Gasteiger partial charge in [0.05, 0.1) is 40.7 Å². The van der Waals surface area contributed by atoms with Crippen LogP contribution >= 0.6 is 23.2 Å². The normalized spacial score (nSPS) is 30.5. The molecular weight excluding hydrogens is 1660 g/mol. The summed E-state index contributed by atoms with van der Waals surface area (Å²) in [5.74, 6) is -16.1. The number of nitrogens with one attached hydrogen (secondary N) is 6. The number of anilines is 1. The zero-order chi connectivity index (χ0) is 89.5. The van der Waals surface area contributed by atoms with Crippen molar-refractivity contribution >= 4 is 81.8 Å². The predicted molar refractivity (Wildman–Crippen MR) is 453 cm³/mol. The number of rotatable bonds is 20. The number of carbonyl (C=O) groups excluding carboxylic acids is 9. The highest BCUT2D eigenvalue weighted by molar-refractivity contribution is 6.32. The fourth-order valence-corrected chi connectivity index (χ4v) is 20.1. The molecule has 7 heterocycles. The van der Waals surface area contributed by atoms with E-state index in [4.69, 9.17) is 57.4 Å². The minimum Gasteiger partial charge on any atom is -0.508 e. The molecule has 0 radical (unpaired) electrons. The molecule has 670 valence electrons. The van der Waals surface area contributed by atoms with Gasteiger partial charge in [-0.25, -0.2) is 4.79 Å². The highest BCUT2D eigenvalue weighted by Gasteiger charge is 2.53. The molecule has 17 N–H and O–H groups in total. The smallest absolute Gasteiger partial charge is 0.325 e. The number of ether oxygens (including phenoxy) is 6. The summed E-state index contributed by atoms with van der Waals surface area (Å²) in [6.45, 7) is 9.68. The molecule has 0 unspecified atom stereocenters. The number of aliphatic hydroxyl groups excluding tert-OH is 6. The summed E-state index contributed by atoms with van der Waals surface area (Å²) in [5.41, 5.74) is 4.83. The van der Waals surface area contributed by atoms with Gasteiger partial charge in [0.1, 0.15) is 83.4 Å². The molecule has 2 saturated heterocycles. The van der Waals surface area contributed by atoms with Crippen molar-refractivity contribution < 1.29 is 118 Å². The Kier molecular flexibility index (Phi) is 28.0. The van der Waals surface area contributed by atoms with Gasteiger partial charge in [0.15, 0.2) is 41.2 Å². The van der Waals surface area contributed by atoms with Gasteiger partial charge in [-0.1, -0.05) is 94.1 Å². The quantitative estimate of drug-likeness (QED) is 0.0316. The number of Topliss-reactive ketones (excluding diaryl/α,β-unsaturated/α-hetero) is 3. The molecule has 11 aliphatic rings. The van der Waals surface area contributed by atoms with Crippen LogP contribution in [-0.4, -0.2) is 172 Å². The van der Waals surface area contributed by atoms with E-state index in [1.54, 1.807) is 31.2 Å². The third-order valence-corrected chi connectivity index (χ3v) is 26.7. The number of fused-ring (bicyclic) bond motifs is 15. The molecule has 15 bridgehead atoms. The molecule has 0 aromatic heterocycles. The van der Waals surface area contributed by atoms with E-state index in [1.165, 1.54) is 62.4 Å². The maximum Gasteiger partial charge on any atom is 0.325 e. The van der Waals surface area contributed by atoms with E-state index in [-0.39, 0.29) is 109 Å². The van der Waals surface area contributed by atoms with Gasteiger partial charge in [-0.2, -0.15) is 0 Å². The lowest BCUT2D eigenvalue weighted by Gasteiger charge is -2.54. The molecule has 6 aromatic carbocycles. The Morgan fingerprint density at radius 2 is 1.33 bits per heavy atom. The van der Waals surface area contributed by atoms with Crippen molar-refractivity contribution in [3.05, 3.63) is 147 Å². The Labute approximate surface area is 732 Å². The van der Waals surface area contributed by atoms with Crippen molar-refractivity contribution in [1.29, 1.82) is 0 Å². The largest absolute Gasteiger partial charge is 0.508 e. The zero-order valence-corrected chi connectivity index (χ0v) is 71.6. The lowest BCUT2D eigenvalue weighted by atomic mass is 9.51. The van der Waals surface area contributed by atoms with Gasteiger partial charge in [0.2, 0.25) is 41.6 Å². The predicted octanol–water partition coefficient (Wildman–Crippen LogP) is 10.1. The number of phenolic OH excluding ortho intramolecular Hbond substituents is 3. The first-order valence-corrected chi connectivity index (χ1v) is 43.7. The van der Waals surface area contributed by atoms with Crippen LogP contribution in [0.15, 0.2) is 103 Å². The maximum absolute atomic E-state index is 16.8. The SMILES string of the molecule is CCCCCc1ccc(NC(=O)NC(=O)C[C@@H]2CC(=O)[C@H](NC(=O)[C@H](CC)CC(C)C)[C@H](O)c3ccc(c(Cl)c3)Oc3cc4cc(c3O[C@@H]3O[C@H](CO)[C@@H](O)[C@H](O)[C@H]3O[C@H]3C[C@](C)(N)[C@H](O)[C@H](C)O3)Oc3ccc(cc3Cl)[C@@H](O)[C@@H]3NC(=O)[C@H](CC(=O)[C@@H]4NC2=O)c2ccc(O)c(c2)-c2c(O)cc(O)cc2[C@@H](C(=O)CC2C4CC5CC(C4)CC2C5)NC3=O)cc1. The molecule has 17 rings (SSSR count). The first-order chi connectivity index (χ1) is 59.5. The Bertz CT molecular complexity index is 5060. The number of halogens is 2. The van der Waals surface area contributed by atoms with Gasteiger partial charge in [-0.05, 0) is 207 Å². The molecule has 6 aromatic rings. The first-order valence-electron chi connectivity index (χ1n) is 43.0. The van der Waals surface area contributed by atoms with Gasteiger partial charge in [-0.3, -0.25) is 43.7 Å². The van der Waals surface area contributed by atoms with Crippen molar-refractivity contribution in [3.8, 4) is 57.1 Å². The molecule has 31 nitrogen and oxygen atoms in total. The lowest BCUT2D eigenvalue weighted by Crippen LogP contribution is -2.64. The van der Waals surface area contributed by atoms with Gasteiger partial charge in [0, 0.05) is 66.4 Å². The number of urea groups is 1. The molecular formula is C92H109Cl2N7O24. The van der Waals surface area contributed by atoms with Gasteiger partial charge < -0.3 is 107 Å². The summed E-state index contributed by atoms with van der Waals surface area (Å²) in [5, 5.41) is 122. The monoisotopic (exact) mass is 1770 g/mol. The number of aromatic hydroxyl groups is 3. The number of imide groups is 1. The average molecular weight is 1770 g/mol. The number of unbranched alkanes of at least 4 members (excludes halogenated alkanes) is 2. The van der Waals surface area contributed by atoms with E-state index in [2.05, 4.69) is 38.8 Å². The Balaban J connectivity index is 0.955. The number of nitrogens with two attached hydrogens (primary N) is 1. The first kappa shape index (κ1) is 91.3. The number of hydrogen-bond donors (Lipinski definition) is 16. The number of ketones is 3. The highest BCUT2D eigenvalue weighted by atomic mass is 35.5. The molecule has 33 heteroatoms. The number of carbonyl (C=O) groups is 9. The lowest BCUT2D eigenvalue weighted by molar-refractivity contribution is -0.333. The Morgan fingerprint density at radius 3 is 1.94 bits per heavy atom. The van der Waals surface area contributed by atoms with E-state index in [1.807, 2.05) is 13.8 Å². The number of phenols is 3. The van der Waals surface area contributed by atoms with E-state index in [9.17, 15) is 60.3 Å². The second-order valence-electron chi connectivity index (χ2n) is 35.7. The van der Waals surface area contributed by atoms with Crippen LogP contribution in [0.25, 0.3) is 11.1 Å². The summed E-state index contributed by atoms with van der Waals surface area (Å²) in [4.78, 5) is 140. The van der Waals surface area contributed by atoms with Crippen LogP contribution in [0, 0.1) is 47.3 Å². The molecule has 7 aliphatic heterocycles. The van der Waals surface area contributed by atoms with Crippen molar-refractivity contribution in [3.63, 3.8) is 0 Å². The standard InChI is InChI=1S/C92H109Cl2N7O24/c1-7-9-10-11-43-12-17-54(18-13-43)96-91(119)97-72(109)34-53-31-64(106)77(100-86(115)46(8-2)22-41(3)4)79(110)48-15-20-67(60(93)29-48)121-69-32-52-33-70(83(69)125-90-84(82(113)81(112)71(40-102)123-90)124-73-39-92(6,95)85(114)42(5)120-73)122-68-21-16-49(30-61(68)94)80(111)78-89(118)99-76(66(108)37-56-50-24-44-23-45(26-50)27-51(56)25-44)59-35-55(103)36-63(105)74(59)58-28-47(14-19-62(58)104)57(88(117)101-78)38-65(107)75(52)98-87(53)116/h12-21,28-30,32-33,35-36,41-42,44-46,50-51,53,56-57,71,73,75-82,84-85,90,102-105,110-114H,7-11,22-27,31,34,37-40,95H2,1-6H3,(H,98,116)(H,99,118)(H,100,115)(H,101,117)(H2,96,97,109,119)/t42-,44?,45?,46+,50?,51?,53-,56?,57+,71+,73-,75+,76-,77-,78-,79+,80+,81+,82-,84+,85+,90-,92-/m0/s1. The summed E-state index contributed by atoms with van der Waals surface area (Å²) >= 11 is 14.6. The molecule has 7 amide bonds. The molecule has 125 heavy (non-hydrogen) atoms. The number of aryl methyl sites for hydroxylation is 1. The molecule has 0 spiro atoms. The summed E-state index contributed by atoms with van der Waals surface area (Å²) in [6.07, 6.45) is -11.9. The number of hydrogen-bond acceptors (Lipinski definition) is 25. The summed E-state index contributed by atoms with van der Waals surface area (Å²) < 4.78 is 39.3. The minimum atomic E-state index is -2.25. The van der Waals surface area contributed by atoms with Crippen LogP contribution in [0.4, 0.5) is 10.5 Å². The van der Waals surface area contributed by atoms with E-state index >= 15 is 28.8 Å². The van der Waals surface area contributed by atoms with E-state index in [0.717, 1.165) is 93.7 Å². The zero-order valence-electron chi connectivity index (χ0n) is 70.1. The van der Waals surface area contributed by atoms with Crippen LogP contribution in [0.5, 0.6) is 46.0 Å². The fourth-order valence-electron chi connectivity index (χ4n) is 19.7. The van der Waals surface area contributed by atoms with Crippen LogP contribution in [0.2, 0.25) is 10.0 Å². The highest BCUT2D eigenvalue weighted by Crippen LogP contribution is 2.59. The van der Waals surface area contributed by atoms with Crippen molar-refractivity contribution in [2.24, 2.45) is 53.1 Å². The van der Waals surface area contributed by atoms with Crippen molar-refractivity contribution in [2.75, 3.05) is 11.9 Å². The summed E-state index contributed by atoms with van der Waals surface area (Å²) in [6, 6.07) is 13.0. The van der Waals surface area contributed by atoms with E-state index < -0.39 is 222 Å². The molecule has 6 fully saturated rings. The third kappa shape index (κ3) is 20.1. The Morgan fingerprint density at radius 1 is 0.680 bits per heavy atom. The van der Waals surface area contributed by atoms with Gasteiger partial charge in [-0.15, -0.1) is 0 Å².